The van der Waals surface area contributed by atoms with Gasteiger partial charge >= 0.3 is 39.5 Å². The zero-order chi connectivity index (χ0) is 65.4. The molecule has 0 saturated heterocycles. The number of unbranched alkanes of at least 4 members (excludes halogenated alkanes) is 45. The summed E-state index contributed by atoms with van der Waals surface area (Å²) in [4.78, 5) is 72.3. The standard InChI is InChI=1S/C70H136O17P2/c1-5-9-13-17-21-25-27-29-30-31-32-33-34-35-36-38-41-45-49-53-57-70(75)87-66(61-81-68(73)55-51-47-43-40-37-28-26-22-18-14-10-6-2)63-85-89(78,79)83-59-64(71)58-82-88(76,77)84-62-65(60-80-67(72)54-50-46-42-24-20-16-12-8-4)86-69(74)56-52-48-44-39-23-19-15-11-7-3/h64-66,71H,5-63H2,1-4H3,(H,76,77)(H,78,79)/t64-,65+,66+/m0/s1. The van der Waals surface area contributed by atoms with Crippen LogP contribution in [0.4, 0.5) is 0 Å². The normalized spacial score (nSPS) is 14.0. The number of esters is 4. The summed E-state index contributed by atoms with van der Waals surface area (Å²) in [6, 6.07) is 0. The van der Waals surface area contributed by atoms with Crippen molar-refractivity contribution >= 4 is 39.5 Å². The number of aliphatic hydroxyl groups is 1. The zero-order valence-electron chi connectivity index (χ0n) is 57.4. The average Bonchev–Trinajstić information content (AvgIpc) is 3.71. The van der Waals surface area contributed by atoms with Gasteiger partial charge < -0.3 is 33.8 Å². The van der Waals surface area contributed by atoms with E-state index < -0.39 is 97.5 Å². The van der Waals surface area contributed by atoms with Crippen molar-refractivity contribution in [3.63, 3.8) is 0 Å². The molecule has 0 rings (SSSR count). The van der Waals surface area contributed by atoms with Crippen LogP contribution in [0.5, 0.6) is 0 Å². The second-order valence-electron chi connectivity index (χ2n) is 25.3. The highest BCUT2D eigenvalue weighted by Gasteiger charge is 2.30. The molecule has 0 aliphatic carbocycles. The van der Waals surface area contributed by atoms with E-state index in [1.807, 2.05) is 0 Å². The van der Waals surface area contributed by atoms with E-state index in [1.54, 1.807) is 0 Å². The number of hydrogen-bond acceptors (Lipinski definition) is 15. The second-order valence-corrected chi connectivity index (χ2v) is 28.2. The molecular formula is C70H136O17P2. The molecule has 0 fully saturated rings. The first-order chi connectivity index (χ1) is 43.2. The van der Waals surface area contributed by atoms with Gasteiger partial charge in [0.05, 0.1) is 26.4 Å². The van der Waals surface area contributed by atoms with Crippen molar-refractivity contribution in [2.24, 2.45) is 0 Å². The van der Waals surface area contributed by atoms with E-state index >= 15 is 0 Å². The summed E-state index contributed by atoms with van der Waals surface area (Å²) in [6.45, 7) is 4.90. The lowest BCUT2D eigenvalue weighted by Gasteiger charge is -2.21. The van der Waals surface area contributed by atoms with Crippen molar-refractivity contribution in [3.8, 4) is 0 Å². The van der Waals surface area contributed by atoms with Gasteiger partial charge in [-0.1, -0.05) is 317 Å². The summed E-state index contributed by atoms with van der Waals surface area (Å²) in [5.74, 6) is -2.13. The molecule has 0 amide bonds. The van der Waals surface area contributed by atoms with Crippen LogP contribution in [-0.4, -0.2) is 96.7 Å². The van der Waals surface area contributed by atoms with Crippen molar-refractivity contribution in [2.75, 3.05) is 39.6 Å². The van der Waals surface area contributed by atoms with Crippen molar-refractivity contribution in [3.05, 3.63) is 0 Å². The van der Waals surface area contributed by atoms with E-state index in [0.29, 0.717) is 25.7 Å². The molecule has 0 bridgehead atoms. The summed E-state index contributed by atoms with van der Waals surface area (Å²) in [5, 5.41) is 10.6. The van der Waals surface area contributed by atoms with E-state index in [9.17, 15) is 43.2 Å². The molecule has 0 aromatic carbocycles. The van der Waals surface area contributed by atoms with Gasteiger partial charge in [-0.05, 0) is 25.7 Å². The van der Waals surface area contributed by atoms with E-state index in [4.69, 9.17) is 37.0 Å². The molecule has 5 atom stereocenters. The van der Waals surface area contributed by atoms with Crippen LogP contribution < -0.4 is 0 Å². The Morgan fingerprint density at radius 2 is 0.449 bits per heavy atom. The highest BCUT2D eigenvalue weighted by molar-refractivity contribution is 7.47. The van der Waals surface area contributed by atoms with Gasteiger partial charge in [0.25, 0.3) is 0 Å². The van der Waals surface area contributed by atoms with Crippen LogP contribution in [0.1, 0.15) is 368 Å². The smallest absolute Gasteiger partial charge is 0.462 e. The Morgan fingerprint density at radius 1 is 0.270 bits per heavy atom. The lowest BCUT2D eigenvalue weighted by Crippen LogP contribution is -2.30. The van der Waals surface area contributed by atoms with Crippen molar-refractivity contribution < 1.29 is 80.2 Å². The number of phosphoric acid groups is 2. The molecule has 528 valence electrons. The van der Waals surface area contributed by atoms with Gasteiger partial charge in [-0.25, -0.2) is 9.13 Å². The molecule has 0 aromatic heterocycles. The van der Waals surface area contributed by atoms with Crippen molar-refractivity contribution in [1.29, 1.82) is 0 Å². The third-order valence-corrected chi connectivity index (χ3v) is 18.3. The number of aliphatic hydroxyl groups excluding tert-OH is 1. The molecule has 19 heteroatoms. The lowest BCUT2D eigenvalue weighted by atomic mass is 10.0. The van der Waals surface area contributed by atoms with Gasteiger partial charge in [0.15, 0.2) is 12.2 Å². The Labute approximate surface area is 543 Å². The molecule has 0 spiro atoms. The number of carbonyl (C=O) groups is 4. The minimum absolute atomic E-state index is 0.106. The Balaban J connectivity index is 5.15. The summed E-state index contributed by atoms with van der Waals surface area (Å²) in [6.07, 6.45) is 52.9. The molecule has 0 saturated carbocycles. The van der Waals surface area contributed by atoms with Crippen LogP contribution in [0.15, 0.2) is 0 Å². The summed E-state index contributed by atoms with van der Waals surface area (Å²) in [5.41, 5.74) is 0. The Kier molecular flexibility index (Phi) is 63.3. The van der Waals surface area contributed by atoms with Gasteiger partial charge in [0, 0.05) is 25.7 Å². The van der Waals surface area contributed by atoms with Gasteiger partial charge in [-0.15, -0.1) is 0 Å². The third-order valence-electron chi connectivity index (χ3n) is 16.4. The molecular weight excluding hydrogens is 1170 g/mol. The fourth-order valence-electron chi connectivity index (χ4n) is 10.7. The maximum atomic E-state index is 13.0. The van der Waals surface area contributed by atoms with Gasteiger partial charge in [-0.3, -0.25) is 37.3 Å². The number of carbonyl (C=O) groups excluding carboxylic acids is 4. The first kappa shape index (κ1) is 87.1. The van der Waals surface area contributed by atoms with Gasteiger partial charge in [0.1, 0.15) is 19.3 Å². The molecule has 0 aliphatic heterocycles. The summed E-state index contributed by atoms with van der Waals surface area (Å²) < 4.78 is 68.1. The van der Waals surface area contributed by atoms with Crippen LogP contribution in [0.3, 0.4) is 0 Å². The number of hydrogen-bond donors (Lipinski definition) is 3. The fourth-order valence-corrected chi connectivity index (χ4v) is 12.3. The van der Waals surface area contributed by atoms with E-state index in [1.165, 1.54) is 193 Å². The Hall–Kier alpha value is -1.94. The summed E-state index contributed by atoms with van der Waals surface area (Å²) in [7, 11) is -9.89. The molecule has 2 unspecified atom stereocenters. The number of ether oxygens (including phenoxy) is 4. The number of phosphoric ester groups is 2. The van der Waals surface area contributed by atoms with E-state index in [2.05, 4.69) is 27.7 Å². The highest BCUT2D eigenvalue weighted by atomic mass is 31.2. The highest BCUT2D eigenvalue weighted by Crippen LogP contribution is 2.45. The van der Waals surface area contributed by atoms with Crippen LogP contribution in [-0.2, 0) is 65.4 Å². The zero-order valence-corrected chi connectivity index (χ0v) is 59.2. The minimum atomic E-state index is -4.95. The first-order valence-electron chi connectivity index (χ1n) is 36.8. The van der Waals surface area contributed by atoms with Crippen LogP contribution in [0, 0.1) is 0 Å². The summed E-state index contributed by atoms with van der Waals surface area (Å²) >= 11 is 0. The minimum Gasteiger partial charge on any atom is -0.462 e. The molecule has 0 heterocycles. The molecule has 0 aromatic rings. The molecule has 0 aliphatic rings. The number of rotatable bonds is 71. The Bertz CT molecular complexity index is 1710. The van der Waals surface area contributed by atoms with Gasteiger partial charge in [-0.2, -0.15) is 0 Å². The first-order valence-corrected chi connectivity index (χ1v) is 39.8. The van der Waals surface area contributed by atoms with Crippen LogP contribution in [0.2, 0.25) is 0 Å². The van der Waals surface area contributed by atoms with Crippen molar-refractivity contribution in [2.45, 2.75) is 386 Å². The second kappa shape index (κ2) is 64.8. The fraction of sp³-hybridized carbons (Fsp3) is 0.943. The maximum absolute atomic E-state index is 13.0. The van der Waals surface area contributed by atoms with E-state index in [0.717, 1.165) is 96.3 Å². The average molecular weight is 1310 g/mol. The maximum Gasteiger partial charge on any atom is 0.472 e. The van der Waals surface area contributed by atoms with Crippen LogP contribution >= 0.6 is 15.6 Å². The van der Waals surface area contributed by atoms with Crippen LogP contribution in [0.25, 0.3) is 0 Å². The molecule has 0 radical (unpaired) electrons. The predicted molar refractivity (Wildman–Crippen MR) is 359 cm³/mol. The lowest BCUT2D eigenvalue weighted by molar-refractivity contribution is -0.161. The third kappa shape index (κ3) is 64.6. The SMILES string of the molecule is CCCCCCCCCCCCCCCCCCCCCCC(=O)O[C@H](COC(=O)CCCCCCCCCCCCCC)COP(=O)(O)OC[C@@H](O)COP(=O)(O)OC[C@@H](COC(=O)CCCCCCCCCC)OC(=O)CCCCCCCCCCC. The van der Waals surface area contributed by atoms with Crippen molar-refractivity contribution in [1.82, 2.24) is 0 Å². The molecule has 3 N–H and O–H groups in total. The van der Waals surface area contributed by atoms with Gasteiger partial charge in [0.2, 0.25) is 0 Å². The largest absolute Gasteiger partial charge is 0.472 e. The Morgan fingerprint density at radius 3 is 0.663 bits per heavy atom. The quantitative estimate of drug-likeness (QED) is 0.0222. The molecule has 17 nitrogen and oxygen atoms in total. The van der Waals surface area contributed by atoms with E-state index in [-0.39, 0.29) is 25.7 Å². The molecule has 89 heavy (non-hydrogen) atoms. The monoisotopic (exact) mass is 1310 g/mol. The predicted octanol–water partition coefficient (Wildman–Crippen LogP) is 20.3. The topological polar surface area (TPSA) is 237 Å².